The molecular formula is C19H20ClNO4. The average molecular weight is 362 g/mol. The van der Waals surface area contributed by atoms with Crippen LogP contribution in [-0.4, -0.2) is 25.1 Å². The number of benzene rings is 2. The molecule has 6 heteroatoms. The number of esters is 1. The van der Waals surface area contributed by atoms with Gasteiger partial charge in [-0.1, -0.05) is 23.7 Å². The van der Waals surface area contributed by atoms with E-state index in [2.05, 4.69) is 5.32 Å². The largest absolute Gasteiger partial charge is 0.495 e. The number of halogens is 1. The molecule has 0 aliphatic heterocycles. The van der Waals surface area contributed by atoms with E-state index in [4.69, 9.17) is 21.1 Å². The van der Waals surface area contributed by atoms with Gasteiger partial charge in [-0.2, -0.15) is 0 Å². The van der Waals surface area contributed by atoms with E-state index in [9.17, 15) is 9.59 Å². The molecule has 0 heterocycles. The Labute approximate surface area is 151 Å². The smallest absolute Gasteiger partial charge is 0.339 e. The van der Waals surface area contributed by atoms with E-state index in [1.807, 2.05) is 19.9 Å². The van der Waals surface area contributed by atoms with Crippen LogP contribution in [0.2, 0.25) is 5.02 Å². The van der Waals surface area contributed by atoms with E-state index in [-0.39, 0.29) is 0 Å². The highest BCUT2D eigenvalue weighted by molar-refractivity contribution is 6.31. The van der Waals surface area contributed by atoms with Crippen molar-refractivity contribution in [2.75, 3.05) is 12.4 Å². The normalized spacial score (nSPS) is 11.6. The van der Waals surface area contributed by atoms with Gasteiger partial charge in [0.15, 0.2) is 6.10 Å². The van der Waals surface area contributed by atoms with Crippen LogP contribution in [-0.2, 0) is 9.53 Å². The SMILES string of the molecule is COc1ccc(Cl)cc1NC(=O)[C@@H](C)OC(=O)c1cccc(C)c1C. The summed E-state index contributed by atoms with van der Waals surface area (Å²) in [6.45, 7) is 5.26. The fourth-order valence-corrected chi connectivity index (χ4v) is 2.43. The van der Waals surface area contributed by atoms with Crippen molar-refractivity contribution in [1.29, 1.82) is 0 Å². The Balaban J connectivity index is 2.09. The highest BCUT2D eigenvalue weighted by Crippen LogP contribution is 2.28. The fourth-order valence-electron chi connectivity index (χ4n) is 2.26. The number of nitrogens with one attached hydrogen (secondary N) is 1. The van der Waals surface area contributed by atoms with Crippen molar-refractivity contribution in [3.8, 4) is 5.75 Å². The van der Waals surface area contributed by atoms with Crippen molar-refractivity contribution in [1.82, 2.24) is 0 Å². The molecule has 2 aromatic rings. The minimum Gasteiger partial charge on any atom is -0.495 e. The van der Waals surface area contributed by atoms with Gasteiger partial charge in [-0.25, -0.2) is 4.79 Å². The summed E-state index contributed by atoms with van der Waals surface area (Å²) in [5, 5.41) is 3.11. The zero-order valence-electron chi connectivity index (χ0n) is 14.6. The minimum absolute atomic E-state index is 0.412. The Kier molecular flexibility index (Phi) is 6.04. The Hall–Kier alpha value is -2.53. The number of carbonyl (C=O) groups excluding carboxylic acids is 2. The quantitative estimate of drug-likeness (QED) is 0.812. The van der Waals surface area contributed by atoms with Crippen LogP contribution >= 0.6 is 11.6 Å². The van der Waals surface area contributed by atoms with Crippen LogP contribution in [0.15, 0.2) is 36.4 Å². The maximum Gasteiger partial charge on any atom is 0.339 e. The molecule has 132 valence electrons. The molecule has 0 saturated heterocycles. The van der Waals surface area contributed by atoms with E-state index < -0.39 is 18.0 Å². The van der Waals surface area contributed by atoms with Crippen LogP contribution in [0, 0.1) is 13.8 Å². The lowest BCUT2D eigenvalue weighted by Gasteiger charge is -2.16. The Morgan fingerprint density at radius 3 is 2.56 bits per heavy atom. The summed E-state index contributed by atoms with van der Waals surface area (Å²) in [5.74, 6) is -0.549. The molecule has 1 atom stereocenters. The number of carbonyl (C=O) groups is 2. The molecule has 0 fully saturated rings. The maximum absolute atomic E-state index is 12.3. The summed E-state index contributed by atoms with van der Waals surface area (Å²) in [5.41, 5.74) is 2.67. The van der Waals surface area contributed by atoms with Crippen molar-refractivity contribution >= 4 is 29.2 Å². The first-order valence-corrected chi connectivity index (χ1v) is 8.13. The second-order valence-electron chi connectivity index (χ2n) is 5.63. The number of anilines is 1. The van der Waals surface area contributed by atoms with Gasteiger partial charge in [-0.15, -0.1) is 0 Å². The number of methoxy groups -OCH3 is 1. The molecule has 0 radical (unpaired) electrons. The van der Waals surface area contributed by atoms with Gasteiger partial charge in [0.2, 0.25) is 0 Å². The van der Waals surface area contributed by atoms with E-state index in [0.717, 1.165) is 11.1 Å². The van der Waals surface area contributed by atoms with Crippen molar-refractivity contribution in [3.63, 3.8) is 0 Å². The average Bonchev–Trinajstić information content (AvgIpc) is 2.57. The van der Waals surface area contributed by atoms with Gasteiger partial charge < -0.3 is 14.8 Å². The summed E-state index contributed by atoms with van der Waals surface area (Å²) in [6.07, 6.45) is -0.976. The van der Waals surface area contributed by atoms with Crippen LogP contribution in [0.5, 0.6) is 5.75 Å². The number of aryl methyl sites for hydroxylation is 1. The maximum atomic E-state index is 12.3. The molecule has 0 unspecified atom stereocenters. The molecular weight excluding hydrogens is 342 g/mol. The van der Waals surface area contributed by atoms with E-state index in [0.29, 0.717) is 22.0 Å². The van der Waals surface area contributed by atoms with E-state index in [1.54, 1.807) is 30.3 Å². The second kappa shape index (κ2) is 8.03. The third-order valence-corrected chi connectivity index (χ3v) is 4.13. The second-order valence-corrected chi connectivity index (χ2v) is 6.07. The highest BCUT2D eigenvalue weighted by atomic mass is 35.5. The fraction of sp³-hybridized carbons (Fsp3) is 0.263. The van der Waals surface area contributed by atoms with Crippen molar-refractivity contribution in [2.24, 2.45) is 0 Å². The van der Waals surface area contributed by atoms with Crippen molar-refractivity contribution in [2.45, 2.75) is 26.9 Å². The topological polar surface area (TPSA) is 64.6 Å². The van der Waals surface area contributed by atoms with Crippen molar-refractivity contribution < 1.29 is 19.1 Å². The molecule has 0 aliphatic rings. The molecule has 0 spiro atoms. The van der Waals surface area contributed by atoms with E-state index in [1.165, 1.54) is 14.0 Å². The van der Waals surface area contributed by atoms with Gasteiger partial charge in [0.05, 0.1) is 18.4 Å². The molecule has 5 nitrogen and oxygen atoms in total. The van der Waals surface area contributed by atoms with Crippen LogP contribution in [0.4, 0.5) is 5.69 Å². The van der Waals surface area contributed by atoms with Crippen LogP contribution in [0.1, 0.15) is 28.4 Å². The molecule has 0 bridgehead atoms. The highest BCUT2D eigenvalue weighted by Gasteiger charge is 2.21. The summed E-state index contributed by atoms with van der Waals surface area (Å²) in [4.78, 5) is 24.6. The van der Waals surface area contributed by atoms with Gasteiger partial charge in [-0.05, 0) is 56.2 Å². The summed E-state index contributed by atoms with van der Waals surface area (Å²) in [6, 6.07) is 10.2. The zero-order valence-corrected chi connectivity index (χ0v) is 15.3. The summed E-state index contributed by atoms with van der Waals surface area (Å²) in [7, 11) is 1.49. The molecule has 0 saturated carbocycles. The van der Waals surface area contributed by atoms with Gasteiger partial charge >= 0.3 is 5.97 Å². The number of hydrogen-bond acceptors (Lipinski definition) is 4. The first-order valence-electron chi connectivity index (χ1n) is 7.75. The minimum atomic E-state index is -0.976. The van der Waals surface area contributed by atoms with Gasteiger partial charge in [-0.3, -0.25) is 4.79 Å². The van der Waals surface area contributed by atoms with Crippen LogP contribution < -0.4 is 10.1 Å². The Morgan fingerprint density at radius 1 is 1.16 bits per heavy atom. The lowest BCUT2D eigenvalue weighted by Crippen LogP contribution is -2.30. The number of ether oxygens (including phenoxy) is 2. The number of hydrogen-bond donors (Lipinski definition) is 1. The molecule has 2 rings (SSSR count). The molecule has 2 aromatic carbocycles. The standard InChI is InChI=1S/C19H20ClNO4/c1-11-6-5-7-15(12(11)2)19(23)25-13(3)18(22)21-16-10-14(20)8-9-17(16)24-4/h5-10,13H,1-4H3,(H,21,22)/t13-/m1/s1. The summed E-state index contributed by atoms with van der Waals surface area (Å²) >= 11 is 5.94. The summed E-state index contributed by atoms with van der Waals surface area (Å²) < 4.78 is 10.5. The molecule has 1 N–H and O–H groups in total. The van der Waals surface area contributed by atoms with Crippen LogP contribution in [0.3, 0.4) is 0 Å². The molecule has 25 heavy (non-hydrogen) atoms. The third-order valence-electron chi connectivity index (χ3n) is 3.90. The Bertz CT molecular complexity index is 804. The number of amides is 1. The van der Waals surface area contributed by atoms with Gasteiger partial charge in [0, 0.05) is 5.02 Å². The lowest BCUT2D eigenvalue weighted by molar-refractivity contribution is -0.123. The van der Waals surface area contributed by atoms with Gasteiger partial charge in [0.25, 0.3) is 5.91 Å². The predicted molar refractivity (Wildman–Crippen MR) is 97.4 cm³/mol. The lowest BCUT2D eigenvalue weighted by atomic mass is 10.0. The molecule has 0 aliphatic carbocycles. The van der Waals surface area contributed by atoms with Crippen molar-refractivity contribution in [3.05, 3.63) is 58.1 Å². The number of rotatable bonds is 5. The van der Waals surface area contributed by atoms with Gasteiger partial charge in [0.1, 0.15) is 5.75 Å². The molecule has 1 amide bonds. The first-order chi connectivity index (χ1) is 11.8. The predicted octanol–water partition coefficient (Wildman–Crippen LogP) is 4.15. The monoisotopic (exact) mass is 361 g/mol. The molecule has 0 aromatic heterocycles. The third kappa shape index (κ3) is 4.51. The first kappa shape index (κ1) is 18.8. The van der Waals surface area contributed by atoms with Crippen LogP contribution in [0.25, 0.3) is 0 Å². The zero-order chi connectivity index (χ0) is 18.6. The Morgan fingerprint density at radius 2 is 1.88 bits per heavy atom. The van der Waals surface area contributed by atoms with E-state index >= 15 is 0 Å².